The largest absolute Gasteiger partial charge is 0.466 e. The molecule has 2 aliphatic heterocycles. The van der Waals surface area contributed by atoms with Crippen LogP contribution < -0.4 is 0 Å². The van der Waals surface area contributed by atoms with Gasteiger partial charge in [-0.05, 0) is 32.1 Å². The van der Waals surface area contributed by atoms with Crippen LogP contribution in [0, 0.1) is 0 Å². The van der Waals surface area contributed by atoms with E-state index in [1.165, 1.54) is 19.3 Å². The predicted octanol–water partition coefficient (Wildman–Crippen LogP) is 1.82. The third kappa shape index (κ3) is 3.89. The minimum absolute atomic E-state index is 0.417. The fourth-order valence-electron chi connectivity index (χ4n) is 2.80. The van der Waals surface area contributed by atoms with E-state index in [0.29, 0.717) is 5.56 Å². The third-order valence-electron chi connectivity index (χ3n) is 3.90. The fraction of sp³-hybridized carbons (Fsp3) is 0.444. The van der Waals surface area contributed by atoms with Crippen LogP contribution in [0.1, 0.15) is 24.2 Å². The van der Waals surface area contributed by atoms with E-state index in [9.17, 15) is 9.59 Å². The quantitative estimate of drug-likeness (QED) is 0.606. The number of hydrogen-bond donors (Lipinski definition) is 0. The van der Waals surface area contributed by atoms with Crippen LogP contribution in [0.25, 0.3) is 0 Å². The van der Waals surface area contributed by atoms with E-state index in [4.69, 9.17) is 18.9 Å². The number of ether oxygens (including phenoxy) is 5. The van der Waals surface area contributed by atoms with Gasteiger partial charge in [0.25, 0.3) is 0 Å². The Balaban J connectivity index is 1.78. The first-order valence-corrected chi connectivity index (χ1v) is 7.93. The summed E-state index contributed by atoms with van der Waals surface area (Å²) in [7, 11) is 1.28. The molecule has 7 heteroatoms. The van der Waals surface area contributed by atoms with Crippen LogP contribution in [0.2, 0.25) is 0 Å². The maximum absolute atomic E-state index is 12.4. The van der Waals surface area contributed by atoms with Gasteiger partial charge in [0, 0.05) is 6.08 Å². The molecule has 2 fully saturated rings. The number of rotatable bonds is 4. The van der Waals surface area contributed by atoms with Crippen molar-refractivity contribution in [3.05, 3.63) is 48.0 Å². The first-order chi connectivity index (χ1) is 11.9. The van der Waals surface area contributed by atoms with Gasteiger partial charge in [0.05, 0.1) is 12.7 Å². The Morgan fingerprint density at radius 3 is 2.56 bits per heavy atom. The lowest BCUT2D eigenvalue weighted by molar-refractivity contribution is -0.209. The number of fused-ring (bicyclic) bond motifs is 1. The molecule has 0 radical (unpaired) electrons. The minimum Gasteiger partial charge on any atom is -0.466 e. The van der Waals surface area contributed by atoms with Crippen LogP contribution in [0.5, 0.6) is 0 Å². The highest BCUT2D eigenvalue weighted by Gasteiger charge is 2.56. The summed E-state index contributed by atoms with van der Waals surface area (Å²) in [5.74, 6) is -1.88. The topological polar surface area (TPSA) is 80.3 Å². The van der Waals surface area contributed by atoms with Gasteiger partial charge in [-0.15, -0.1) is 0 Å². The molecule has 1 aromatic rings. The van der Waals surface area contributed by atoms with Crippen molar-refractivity contribution in [2.24, 2.45) is 0 Å². The second-order valence-electron chi connectivity index (χ2n) is 6.19. The zero-order valence-electron chi connectivity index (χ0n) is 14.2. The molecule has 0 spiro atoms. The first-order valence-electron chi connectivity index (χ1n) is 7.93. The monoisotopic (exact) mass is 348 g/mol. The first kappa shape index (κ1) is 17.6. The van der Waals surface area contributed by atoms with Gasteiger partial charge in [0.2, 0.25) is 0 Å². The summed E-state index contributed by atoms with van der Waals surface area (Å²) >= 11 is 0. The highest BCUT2D eigenvalue weighted by molar-refractivity contribution is 5.89. The smallest absolute Gasteiger partial charge is 0.338 e. The summed E-state index contributed by atoms with van der Waals surface area (Å²) in [5, 5.41) is 0. The molecule has 0 aromatic heterocycles. The van der Waals surface area contributed by atoms with Gasteiger partial charge in [-0.3, -0.25) is 0 Å². The van der Waals surface area contributed by atoms with E-state index in [2.05, 4.69) is 4.74 Å². The van der Waals surface area contributed by atoms with Gasteiger partial charge < -0.3 is 23.7 Å². The van der Waals surface area contributed by atoms with Crippen molar-refractivity contribution in [2.45, 2.75) is 44.2 Å². The standard InChI is InChI=1S/C18H20O7/c1-18(2)24-15-14(23-16(20)11-7-5-4-6-8-11)12(22-17(15)25-18)9-10-13(19)21-3/h4-10,12,14-15,17H,1-3H3/b10-9-/t12-,14+,15-,17-/m1/s1. The van der Waals surface area contributed by atoms with Crippen molar-refractivity contribution in [3.8, 4) is 0 Å². The van der Waals surface area contributed by atoms with Crippen molar-refractivity contribution in [1.82, 2.24) is 0 Å². The van der Waals surface area contributed by atoms with Crippen LogP contribution in [0.15, 0.2) is 42.5 Å². The fourth-order valence-corrected chi connectivity index (χ4v) is 2.80. The molecular formula is C18H20O7. The normalized spacial score (nSPS) is 30.2. The molecule has 0 amide bonds. The second kappa shape index (κ2) is 6.95. The van der Waals surface area contributed by atoms with Crippen molar-refractivity contribution < 1.29 is 33.3 Å². The van der Waals surface area contributed by atoms with Gasteiger partial charge in [-0.1, -0.05) is 18.2 Å². The summed E-state index contributed by atoms with van der Waals surface area (Å²) in [6.45, 7) is 3.51. The molecule has 0 saturated carbocycles. The molecule has 0 unspecified atom stereocenters. The number of methoxy groups -OCH3 is 1. The Morgan fingerprint density at radius 1 is 1.16 bits per heavy atom. The van der Waals surface area contributed by atoms with Crippen LogP contribution in [-0.4, -0.2) is 49.4 Å². The van der Waals surface area contributed by atoms with E-state index < -0.39 is 42.3 Å². The van der Waals surface area contributed by atoms with Gasteiger partial charge in [0.1, 0.15) is 6.10 Å². The van der Waals surface area contributed by atoms with Crippen LogP contribution >= 0.6 is 0 Å². The highest BCUT2D eigenvalue weighted by Crippen LogP contribution is 2.39. The number of hydrogen-bond acceptors (Lipinski definition) is 7. The minimum atomic E-state index is -0.843. The van der Waals surface area contributed by atoms with Crippen molar-refractivity contribution >= 4 is 11.9 Å². The van der Waals surface area contributed by atoms with Gasteiger partial charge >= 0.3 is 11.9 Å². The predicted molar refractivity (Wildman–Crippen MR) is 85.5 cm³/mol. The average Bonchev–Trinajstić information content (AvgIpc) is 3.05. The lowest BCUT2D eigenvalue weighted by atomic mass is 10.1. The number of esters is 2. The van der Waals surface area contributed by atoms with Gasteiger partial charge in [-0.25, -0.2) is 9.59 Å². The SMILES string of the molecule is COC(=O)/C=C\[C@H]1O[C@@H]2OC(C)(C)O[C@@H]2[C@H]1OC(=O)c1ccccc1. The molecule has 0 bridgehead atoms. The molecule has 7 nitrogen and oxygen atoms in total. The zero-order valence-corrected chi connectivity index (χ0v) is 14.2. The maximum Gasteiger partial charge on any atom is 0.338 e. The summed E-state index contributed by atoms with van der Waals surface area (Å²) in [6.07, 6.45) is -0.00315. The Bertz CT molecular complexity index is 667. The molecule has 2 aliphatic rings. The molecule has 2 saturated heterocycles. The second-order valence-corrected chi connectivity index (χ2v) is 6.19. The summed E-state index contributed by atoms with van der Waals surface area (Å²) in [5.41, 5.74) is 0.417. The molecule has 1 aromatic carbocycles. The molecule has 2 heterocycles. The Labute approximate surface area is 145 Å². The lowest BCUT2D eigenvalue weighted by Gasteiger charge is -2.24. The summed E-state index contributed by atoms with van der Waals surface area (Å²) in [4.78, 5) is 23.7. The number of benzene rings is 1. The number of carbonyl (C=O) groups excluding carboxylic acids is 2. The maximum atomic E-state index is 12.4. The molecule has 0 N–H and O–H groups in total. The summed E-state index contributed by atoms with van der Waals surface area (Å²) < 4.78 is 27.4. The van der Waals surface area contributed by atoms with Crippen LogP contribution in [0.4, 0.5) is 0 Å². The highest BCUT2D eigenvalue weighted by atomic mass is 16.8. The molecule has 3 rings (SSSR count). The Morgan fingerprint density at radius 2 is 1.88 bits per heavy atom. The Hall–Kier alpha value is -2.22. The van der Waals surface area contributed by atoms with Gasteiger partial charge in [-0.2, -0.15) is 0 Å². The summed E-state index contributed by atoms with van der Waals surface area (Å²) in [6, 6.07) is 8.62. The molecule has 25 heavy (non-hydrogen) atoms. The van der Waals surface area contributed by atoms with E-state index in [0.717, 1.165) is 0 Å². The van der Waals surface area contributed by atoms with Crippen molar-refractivity contribution in [3.63, 3.8) is 0 Å². The molecule has 0 aliphatic carbocycles. The molecule has 4 atom stereocenters. The van der Waals surface area contributed by atoms with Gasteiger partial charge in [0.15, 0.2) is 24.3 Å². The van der Waals surface area contributed by atoms with E-state index >= 15 is 0 Å². The van der Waals surface area contributed by atoms with E-state index in [1.807, 2.05) is 6.07 Å². The van der Waals surface area contributed by atoms with Crippen LogP contribution in [-0.2, 0) is 28.5 Å². The average molecular weight is 348 g/mol. The van der Waals surface area contributed by atoms with Crippen molar-refractivity contribution in [1.29, 1.82) is 0 Å². The van der Waals surface area contributed by atoms with E-state index in [-0.39, 0.29) is 0 Å². The number of carbonyl (C=O) groups is 2. The molecule has 134 valence electrons. The lowest BCUT2D eigenvalue weighted by Crippen LogP contribution is -2.37. The Kier molecular flexibility index (Phi) is 4.89. The van der Waals surface area contributed by atoms with E-state index in [1.54, 1.807) is 38.1 Å². The third-order valence-corrected chi connectivity index (χ3v) is 3.90. The van der Waals surface area contributed by atoms with Crippen LogP contribution in [0.3, 0.4) is 0 Å². The molecular weight excluding hydrogens is 328 g/mol. The zero-order chi connectivity index (χ0) is 18.0. The van der Waals surface area contributed by atoms with Crippen molar-refractivity contribution in [2.75, 3.05) is 7.11 Å².